The van der Waals surface area contributed by atoms with Gasteiger partial charge in [-0.3, -0.25) is 0 Å². The van der Waals surface area contributed by atoms with E-state index in [0.29, 0.717) is 31.3 Å². The number of aromatic carboxylic acids is 1. The average Bonchev–Trinajstić information content (AvgIpc) is 2.95. The lowest BCUT2D eigenvalue weighted by Crippen LogP contribution is -2.11. The van der Waals surface area contributed by atoms with E-state index >= 15 is 0 Å². The number of rotatable bonds is 6. The van der Waals surface area contributed by atoms with Crippen LogP contribution in [0.15, 0.2) is 12.4 Å². The predicted molar refractivity (Wildman–Crippen MR) is 65.7 cm³/mol. The molecule has 102 valence electrons. The van der Waals surface area contributed by atoms with Crippen LogP contribution in [0.2, 0.25) is 0 Å². The van der Waals surface area contributed by atoms with Crippen LogP contribution in [0.1, 0.15) is 17.4 Å². The van der Waals surface area contributed by atoms with Crippen LogP contribution in [0.3, 0.4) is 0 Å². The molecule has 2 heterocycles. The third-order valence-electron chi connectivity index (χ3n) is 2.62. The largest absolute Gasteiger partial charge is 0.476 e. The van der Waals surface area contributed by atoms with Crippen molar-refractivity contribution in [1.29, 1.82) is 0 Å². The molecule has 19 heavy (non-hydrogen) atoms. The molecule has 0 aliphatic carbocycles. The minimum Gasteiger partial charge on any atom is -0.476 e. The van der Waals surface area contributed by atoms with Gasteiger partial charge in [-0.2, -0.15) is 0 Å². The van der Waals surface area contributed by atoms with Crippen molar-refractivity contribution in [2.75, 3.05) is 13.2 Å². The Morgan fingerprint density at radius 1 is 1.53 bits per heavy atom. The van der Waals surface area contributed by atoms with Gasteiger partial charge in [0.25, 0.3) is 0 Å². The van der Waals surface area contributed by atoms with Crippen molar-refractivity contribution in [1.82, 2.24) is 24.5 Å². The van der Waals surface area contributed by atoms with Gasteiger partial charge in [0.05, 0.1) is 13.2 Å². The van der Waals surface area contributed by atoms with Crippen LogP contribution in [-0.4, -0.2) is 48.8 Å². The van der Waals surface area contributed by atoms with Crippen molar-refractivity contribution >= 4 is 5.97 Å². The van der Waals surface area contributed by atoms with Gasteiger partial charge in [0, 0.05) is 26.0 Å². The minimum atomic E-state index is -1.12. The summed E-state index contributed by atoms with van der Waals surface area (Å²) in [7, 11) is 1.79. The van der Waals surface area contributed by atoms with Crippen LogP contribution in [0, 0.1) is 0 Å². The standard InChI is InChI=1S/C11H15N5O3/c1-3-19-7-6-16-9(8(11(17)18)13-14-16)10-12-4-5-15(10)2/h4-5H,3,6-7H2,1-2H3,(H,17,18). The SMILES string of the molecule is CCOCCn1nnc(C(=O)O)c1-c1nccn1C. The Bertz CT molecular complexity index is 575. The fourth-order valence-electron chi connectivity index (χ4n) is 1.72. The normalized spacial score (nSPS) is 10.8. The summed E-state index contributed by atoms with van der Waals surface area (Å²) in [6.07, 6.45) is 3.34. The number of carboxylic acids is 1. The molecule has 0 saturated heterocycles. The molecule has 0 spiro atoms. The molecule has 8 nitrogen and oxygen atoms in total. The molecule has 1 N–H and O–H groups in total. The molecule has 0 aromatic carbocycles. The molecule has 2 aromatic heterocycles. The van der Waals surface area contributed by atoms with Crippen molar-refractivity contribution < 1.29 is 14.6 Å². The van der Waals surface area contributed by atoms with Gasteiger partial charge in [-0.1, -0.05) is 5.21 Å². The number of imidazole rings is 1. The molecule has 0 unspecified atom stereocenters. The fourth-order valence-corrected chi connectivity index (χ4v) is 1.72. The highest BCUT2D eigenvalue weighted by molar-refractivity contribution is 5.91. The summed E-state index contributed by atoms with van der Waals surface area (Å²) in [4.78, 5) is 15.3. The number of aryl methyl sites for hydroxylation is 1. The Kier molecular flexibility index (Phi) is 3.91. The third-order valence-corrected chi connectivity index (χ3v) is 2.62. The van der Waals surface area contributed by atoms with Crippen LogP contribution in [0.4, 0.5) is 0 Å². The lowest BCUT2D eigenvalue weighted by atomic mass is 10.3. The number of hydrogen-bond donors (Lipinski definition) is 1. The lowest BCUT2D eigenvalue weighted by Gasteiger charge is -2.07. The summed E-state index contributed by atoms with van der Waals surface area (Å²) >= 11 is 0. The van der Waals surface area contributed by atoms with Gasteiger partial charge in [0.2, 0.25) is 5.69 Å². The zero-order chi connectivity index (χ0) is 13.8. The quantitative estimate of drug-likeness (QED) is 0.760. The van der Waals surface area contributed by atoms with E-state index in [-0.39, 0.29) is 5.69 Å². The van der Waals surface area contributed by atoms with Gasteiger partial charge < -0.3 is 14.4 Å². The highest BCUT2D eigenvalue weighted by Crippen LogP contribution is 2.19. The highest BCUT2D eigenvalue weighted by atomic mass is 16.5. The second-order valence-corrected chi connectivity index (χ2v) is 3.87. The molecule has 0 saturated carbocycles. The number of hydrogen-bond acceptors (Lipinski definition) is 5. The van der Waals surface area contributed by atoms with E-state index in [1.54, 1.807) is 24.0 Å². The second kappa shape index (κ2) is 5.61. The number of carbonyl (C=O) groups is 1. The zero-order valence-corrected chi connectivity index (χ0v) is 10.8. The van der Waals surface area contributed by atoms with E-state index in [0.717, 1.165) is 0 Å². The first kappa shape index (κ1) is 13.2. The molecule has 0 amide bonds. The van der Waals surface area contributed by atoms with E-state index in [4.69, 9.17) is 9.84 Å². The molecule has 0 radical (unpaired) electrons. The fraction of sp³-hybridized carbons (Fsp3) is 0.455. The summed E-state index contributed by atoms with van der Waals surface area (Å²) in [5.41, 5.74) is 0.283. The molecule has 0 aliphatic rings. The van der Waals surface area contributed by atoms with Crippen LogP contribution in [0.25, 0.3) is 11.5 Å². The van der Waals surface area contributed by atoms with Crippen LogP contribution < -0.4 is 0 Å². The molecule has 0 aliphatic heterocycles. The van der Waals surface area contributed by atoms with E-state index in [1.165, 1.54) is 4.68 Å². The maximum Gasteiger partial charge on any atom is 0.358 e. The summed E-state index contributed by atoms with van der Waals surface area (Å²) < 4.78 is 8.47. The van der Waals surface area contributed by atoms with E-state index in [1.807, 2.05) is 6.92 Å². The summed E-state index contributed by atoms with van der Waals surface area (Å²) in [5, 5.41) is 16.7. The molecular weight excluding hydrogens is 250 g/mol. The Labute approximate surface area is 109 Å². The van der Waals surface area contributed by atoms with Gasteiger partial charge in [-0.05, 0) is 6.92 Å². The van der Waals surface area contributed by atoms with Gasteiger partial charge in [-0.25, -0.2) is 14.5 Å². The van der Waals surface area contributed by atoms with Crippen LogP contribution in [0.5, 0.6) is 0 Å². The van der Waals surface area contributed by atoms with Gasteiger partial charge in [0.1, 0.15) is 5.69 Å². The Balaban J connectivity index is 2.40. The van der Waals surface area contributed by atoms with E-state index in [9.17, 15) is 4.79 Å². The first-order valence-corrected chi connectivity index (χ1v) is 5.87. The van der Waals surface area contributed by atoms with Gasteiger partial charge >= 0.3 is 5.97 Å². The maximum absolute atomic E-state index is 11.2. The Hall–Kier alpha value is -2.22. The second-order valence-electron chi connectivity index (χ2n) is 3.87. The molecule has 0 atom stereocenters. The monoisotopic (exact) mass is 265 g/mol. The predicted octanol–water partition coefficient (Wildman–Crippen LogP) is 0.413. The highest BCUT2D eigenvalue weighted by Gasteiger charge is 2.23. The third kappa shape index (κ3) is 2.63. The maximum atomic E-state index is 11.2. The molecule has 2 rings (SSSR count). The minimum absolute atomic E-state index is 0.106. The van der Waals surface area contributed by atoms with Crippen LogP contribution in [-0.2, 0) is 18.3 Å². The molecule has 2 aromatic rings. The Morgan fingerprint density at radius 2 is 2.32 bits per heavy atom. The smallest absolute Gasteiger partial charge is 0.358 e. The van der Waals surface area contributed by atoms with Gasteiger partial charge in [0.15, 0.2) is 5.82 Å². The molecular formula is C11H15N5O3. The summed E-state index contributed by atoms with van der Waals surface area (Å²) in [5.74, 6) is -0.612. The van der Waals surface area contributed by atoms with E-state index in [2.05, 4.69) is 15.3 Å². The van der Waals surface area contributed by atoms with E-state index < -0.39 is 5.97 Å². The number of ether oxygens (including phenoxy) is 1. The first-order valence-electron chi connectivity index (χ1n) is 5.87. The van der Waals surface area contributed by atoms with Gasteiger partial charge in [-0.15, -0.1) is 5.10 Å². The number of carboxylic acid groups (broad SMARTS) is 1. The first-order chi connectivity index (χ1) is 9.15. The lowest BCUT2D eigenvalue weighted by molar-refractivity contribution is 0.0691. The average molecular weight is 265 g/mol. The van der Waals surface area contributed by atoms with Crippen molar-refractivity contribution in [3.63, 3.8) is 0 Å². The van der Waals surface area contributed by atoms with Crippen molar-refractivity contribution in [2.45, 2.75) is 13.5 Å². The van der Waals surface area contributed by atoms with Crippen molar-refractivity contribution in [3.05, 3.63) is 18.1 Å². The Morgan fingerprint density at radius 3 is 2.89 bits per heavy atom. The number of nitrogens with zero attached hydrogens (tertiary/aromatic N) is 5. The van der Waals surface area contributed by atoms with Crippen molar-refractivity contribution in [2.24, 2.45) is 7.05 Å². The molecule has 0 bridgehead atoms. The molecule has 8 heteroatoms. The van der Waals surface area contributed by atoms with Crippen LogP contribution >= 0.6 is 0 Å². The summed E-state index contributed by atoms with van der Waals surface area (Å²) in [6.45, 7) is 3.36. The number of aromatic nitrogens is 5. The summed E-state index contributed by atoms with van der Waals surface area (Å²) in [6, 6.07) is 0. The zero-order valence-electron chi connectivity index (χ0n) is 10.8. The van der Waals surface area contributed by atoms with Crippen molar-refractivity contribution in [3.8, 4) is 11.5 Å². The topological polar surface area (TPSA) is 95.1 Å². The molecule has 0 fully saturated rings.